The van der Waals surface area contributed by atoms with Gasteiger partial charge in [-0.15, -0.1) is 0 Å². The molecule has 1 unspecified atom stereocenters. The fourth-order valence-electron chi connectivity index (χ4n) is 1.66. The highest BCUT2D eigenvalue weighted by molar-refractivity contribution is 5.45. The van der Waals surface area contributed by atoms with Gasteiger partial charge in [0.05, 0.1) is 6.54 Å². The number of piperidine rings is 1. The van der Waals surface area contributed by atoms with Crippen LogP contribution >= 0.6 is 0 Å². The van der Waals surface area contributed by atoms with Gasteiger partial charge in [-0.25, -0.2) is 5.84 Å². The summed E-state index contributed by atoms with van der Waals surface area (Å²) in [6.45, 7) is 1.78. The van der Waals surface area contributed by atoms with Crippen LogP contribution < -0.4 is 5.84 Å². The lowest BCUT2D eigenvalue weighted by Crippen LogP contribution is -2.46. The van der Waals surface area contributed by atoms with Gasteiger partial charge >= 0.3 is 0 Å². The van der Waals surface area contributed by atoms with Crippen molar-refractivity contribution in [3.8, 4) is 0 Å². The first-order chi connectivity index (χ1) is 5.74. The van der Waals surface area contributed by atoms with E-state index in [4.69, 9.17) is 5.84 Å². The molecule has 0 aliphatic carbocycles. The lowest BCUT2D eigenvalue weighted by molar-refractivity contribution is -0.119. The second-order valence-electron chi connectivity index (χ2n) is 3.43. The van der Waals surface area contributed by atoms with Crippen LogP contribution in [0, 0.1) is 0 Å². The van der Waals surface area contributed by atoms with E-state index in [1.165, 1.54) is 17.9 Å². The molecule has 1 rings (SSSR count). The highest BCUT2D eigenvalue weighted by Crippen LogP contribution is 2.14. The SMILES string of the molecule is CN1CCCCC1CN(N)C=O. The Balaban J connectivity index is 2.33. The van der Waals surface area contributed by atoms with Crippen LogP contribution in [0.5, 0.6) is 0 Å². The van der Waals surface area contributed by atoms with Crippen molar-refractivity contribution in [1.82, 2.24) is 9.91 Å². The number of nitrogens with two attached hydrogens (primary N) is 1. The first kappa shape index (κ1) is 9.48. The Morgan fingerprint density at radius 3 is 3.00 bits per heavy atom. The van der Waals surface area contributed by atoms with Crippen molar-refractivity contribution >= 4 is 6.41 Å². The monoisotopic (exact) mass is 171 g/mol. The Morgan fingerprint density at radius 2 is 2.42 bits per heavy atom. The lowest BCUT2D eigenvalue weighted by atomic mass is 10.0. The molecule has 12 heavy (non-hydrogen) atoms. The minimum Gasteiger partial charge on any atom is -0.302 e. The summed E-state index contributed by atoms with van der Waals surface area (Å²) in [7, 11) is 2.09. The summed E-state index contributed by atoms with van der Waals surface area (Å²) in [6.07, 6.45) is 4.35. The minimum absolute atomic E-state index is 0.453. The van der Waals surface area contributed by atoms with E-state index in [1.54, 1.807) is 0 Å². The molecule has 70 valence electrons. The molecule has 2 N–H and O–H groups in total. The second-order valence-corrected chi connectivity index (χ2v) is 3.43. The van der Waals surface area contributed by atoms with Crippen LogP contribution in [0.1, 0.15) is 19.3 Å². The van der Waals surface area contributed by atoms with Gasteiger partial charge in [0.15, 0.2) is 0 Å². The predicted molar refractivity (Wildman–Crippen MR) is 47.2 cm³/mol. The molecule has 0 aromatic rings. The van der Waals surface area contributed by atoms with Crippen molar-refractivity contribution in [2.45, 2.75) is 25.3 Å². The highest BCUT2D eigenvalue weighted by Gasteiger charge is 2.19. The molecule has 1 saturated heterocycles. The molecular formula is C8H17N3O. The van der Waals surface area contributed by atoms with E-state index in [-0.39, 0.29) is 0 Å². The zero-order valence-electron chi connectivity index (χ0n) is 7.57. The van der Waals surface area contributed by atoms with E-state index in [0.717, 1.165) is 13.0 Å². The average Bonchev–Trinajstić information content (AvgIpc) is 2.09. The van der Waals surface area contributed by atoms with Gasteiger partial charge in [-0.1, -0.05) is 6.42 Å². The third kappa shape index (κ3) is 2.46. The highest BCUT2D eigenvalue weighted by atomic mass is 16.1. The number of carbonyl (C=O) groups is 1. The number of hydrazine groups is 1. The van der Waals surface area contributed by atoms with Crippen molar-refractivity contribution in [1.29, 1.82) is 0 Å². The maximum atomic E-state index is 10.3. The molecule has 1 aliphatic rings. The predicted octanol–water partition coefficient (Wildman–Crippen LogP) is -0.197. The maximum Gasteiger partial charge on any atom is 0.223 e. The van der Waals surface area contributed by atoms with Gasteiger partial charge < -0.3 is 4.90 Å². The third-order valence-corrected chi connectivity index (χ3v) is 2.48. The minimum atomic E-state index is 0.453. The molecule has 0 saturated carbocycles. The van der Waals surface area contributed by atoms with Gasteiger partial charge in [-0.05, 0) is 26.4 Å². The number of likely N-dealkylation sites (tertiary alicyclic amines) is 1. The van der Waals surface area contributed by atoms with E-state index in [2.05, 4.69) is 11.9 Å². The van der Waals surface area contributed by atoms with Crippen LogP contribution in [0.25, 0.3) is 0 Å². The van der Waals surface area contributed by atoms with Crippen molar-refractivity contribution < 1.29 is 4.79 Å². The fourth-order valence-corrected chi connectivity index (χ4v) is 1.66. The van der Waals surface area contributed by atoms with Crippen molar-refractivity contribution in [2.24, 2.45) is 5.84 Å². The molecule has 1 amide bonds. The number of hydrogen-bond acceptors (Lipinski definition) is 3. The largest absolute Gasteiger partial charge is 0.302 e. The van der Waals surface area contributed by atoms with Crippen LogP contribution in [-0.4, -0.2) is 42.5 Å². The number of nitrogens with zero attached hydrogens (tertiary/aromatic N) is 2. The summed E-state index contributed by atoms with van der Waals surface area (Å²) in [5.74, 6) is 5.40. The molecule has 0 bridgehead atoms. The van der Waals surface area contributed by atoms with Gasteiger partial charge in [0.2, 0.25) is 6.41 Å². The van der Waals surface area contributed by atoms with E-state index < -0.39 is 0 Å². The second kappa shape index (κ2) is 4.42. The molecule has 0 aromatic carbocycles. The van der Waals surface area contributed by atoms with E-state index in [0.29, 0.717) is 19.0 Å². The summed E-state index contributed by atoms with van der Waals surface area (Å²) >= 11 is 0. The van der Waals surface area contributed by atoms with Crippen molar-refractivity contribution in [2.75, 3.05) is 20.1 Å². The van der Waals surface area contributed by atoms with E-state index in [9.17, 15) is 4.79 Å². The molecule has 0 spiro atoms. The molecule has 1 fully saturated rings. The molecule has 4 nitrogen and oxygen atoms in total. The van der Waals surface area contributed by atoms with Gasteiger partial charge in [-0.2, -0.15) is 0 Å². The van der Waals surface area contributed by atoms with Gasteiger partial charge in [0, 0.05) is 6.04 Å². The Bertz CT molecular complexity index is 151. The van der Waals surface area contributed by atoms with Crippen LogP contribution in [0.3, 0.4) is 0 Å². The first-order valence-corrected chi connectivity index (χ1v) is 4.41. The molecule has 1 aliphatic heterocycles. The topological polar surface area (TPSA) is 49.6 Å². The molecule has 1 atom stereocenters. The van der Waals surface area contributed by atoms with Gasteiger partial charge in [0.25, 0.3) is 0 Å². The third-order valence-electron chi connectivity index (χ3n) is 2.48. The van der Waals surface area contributed by atoms with E-state index >= 15 is 0 Å². The number of likely N-dealkylation sites (N-methyl/N-ethyl adjacent to an activating group) is 1. The summed E-state index contributed by atoms with van der Waals surface area (Å²) in [5.41, 5.74) is 0. The molecule has 4 heteroatoms. The van der Waals surface area contributed by atoms with Crippen LogP contribution in [0.4, 0.5) is 0 Å². The number of amides is 1. The molecule has 1 heterocycles. The Labute approximate surface area is 73.3 Å². The summed E-state index contributed by atoms with van der Waals surface area (Å²) in [4.78, 5) is 12.5. The molecule has 0 aromatic heterocycles. The Kier molecular flexibility index (Phi) is 3.49. The lowest BCUT2D eigenvalue weighted by Gasteiger charge is -2.33. The van der Waals surface area contributed by atoms with Crippen LogP contribution in [0.2, 0.25) is 0 Å². The number of hydrogen-bond donors (Lipinski definition) is 1. The summed E-state index contributed by atoms with van der Waals surface area (Å²) in [5, 5.41) is 1.23. The zero-order valence-corrected chi connectivity index (χ0v) is 7.57. The van der Waals surface area contributed by atoms with Crippen LogP contribution in [-0.2, 0) is 4.79 Å². The first-order valence-electron chi connectivity index (χ1n) is 4.41. The maximum absolute atomic E-state index is 10.3. The average molecular weight is 171 g/mol. The summed E-state index contributed by atoms with van der Waals surface area (Å²) < 4.78 is 0. The van der Waals surface area contributed by atoms with Gasteiger partial charge in [-0.3, -0.25) is 9.80 Å². The normalized spacial score (nSPS) is 25.3. The van der Waals surface area contributed by atoms with Crippen molar-refractivity contribution in [3.63, 3.8) is 0 Å². The Hall–Kier alpha value is -0.610. The number of carbonyl (C=O) groups excluding carboxylic acids is 1. The zero-order chi connectivity index (χ0) is 8.97. The molecular weight excluding hydrogens is 154 g/mol. The molecule has 0 radical (unpaired) electrons. The van der Waals surface area contributed by atoms with Crippen molar-refractivity contribution in [3.05, 3.63) is 0 Å². The van der Waals surface area contributed by atoms with Gasteiger partial charge in [0.1, 0.15) is 0 Å². The van der Waals surface area contributed by atoms with Crippen LogP contribution in [0.15, 0.2) is 0 Å². The quantitative estimate of drug-likeness (QED) is 0.277. The number of rotatable bonds is 3. The smallest absolute Gasteiger partial charge is 0.223 e. The Morgan fingerprint density at radius 1 is 1.67 bits per heavy atom. The standard InChI is InChI=1S/C8H17N3O/c1-10-5-3-2-4-8(10)6-11(9)7-12/h7-8H,2-6,9H2,1H3. The van der Waals surface area contributed by atoms with E-state index in [1.807, 2.05) is 0 Å². The fraction of sp³-hybridized carbons (Fsp3) is 0.875. The summed E-state index contributed by atoms with van der Waals surface area (Å²) in [6, 6.07) is 0.453.